The first-order chi connectivity index (χ1) is 8.39. The molecular weight excluding hydrogens is 226 g/mol. The van der Waals surface area contributed by atoms with Gasteiger partial charge in [0.05, 0.1) is 5.41 Å². The van der Waals surface area contributed by atoms with Gasteiger partial charge in [0, 0.05) is 12.6 Å². The zero-order valence-corrected chi connectivity index (χ0v) is 11.6. The molecule has 18 heavy (non-hydrogen) atoms. The molecule has 0 heterocycles. The minimum Gasteiger partial charge on any atom is -0.396 e. The number of benzene rings is 1. The van der Waals surface area contributed by atoms with Crippen LogP contribution in [0.2, 0.25) is 0 Å². The molecule has 3 heteroatoms. The first-order valence-electron chi connectivity index (χ1n) is 6.37. The second-order valence-corrected chi connectivity index (χ2v) is 5.41. The van der Waals surface area contributed by atoms with Crippen molar-refractivity contribution in [2.24, 2.45) is 5.92 Å². The maximum absolute atomic E-state index is 12.3. The SMILES string of the molecule is CC(CO)C(C)NC(=O)C(C)(C)c1ccccc1. The lowest BCUT2D eigenvalue weighted by Gasteiger charge is -2.28. The van der Waals surface area contributed by atoms with Crippen LogP contribution in [0.15, 0.2) is 30.3 Å². The fraction of sp³-hybridized carbons (Fsp3) is 0.533. The number of aliphatic hydroxyl groups is 1. The Bertz CT molecular complexity index is 387. The van der Waals surface area contributed by atoms with E-state index in [0.717, 1.165) is 5.56 Å². The van der Waals surface area contributed by atoms with Crippen LogP contribution in [0, 0.1) is 5.92 Å². The van der Waals surface area contributed by atoms with Gasteiger partial charge in [-0.05, 0) is 32.3 Å². The molecule has 2 atom stereocenters. The number of aliphatic hydroxyl groups excluding tert-OH is 1. The number of amides is 1. The molecule has 0 aromatic heterocycles. The van der Waals surface area contributed by atoms with Gasteiger partial charge in [0.15, 0.2) is 0 Å². The van der Waals surface area contributed by atoms with Crippen LogP contribution < -0.4 is 5.32 Å². The molecule has 0 saturated carbocycles. The van der Waals surface area contributed by atoms with Crippen molar-refractivity contribution in [3.8, 4) is 0 Å². The van der Waals surface area contributed by atoms with E-state index >= 15 is 0 Å². The molecule has 1 aromatic rings. The molecule has 100 valence electrons. The van der Waals surface area contributed by atoms with Gasteiger partial charge >= 0.3 is 0 Å². The maximum atomic E-state index is 12.3. The fourth-order valence-corrected chi connectivity index (χ4v) is 1.67. The van der Waals surface area contributed by atoms with E-state index in [9.17, 15) is 4.79 Å². The molecule has 1 aromatic carbocycles. The lowest BCUT2D eigenvalue weighted by Crippen LogP contribution is -2.46. The first kappa shape index (κ1) is 14.7. The highest BCUT2D eigenvalue weighted by atomic mass is 16.3. The van der Waals surface area contributed by atoms with Crippen LogP contribution in [-0.4, -0.2) is 23.7 Å². The summed E-state index contributed by atoms with van der Waals surface area (Å²) in [5.74, 6) is 0.0435. The van der Waals surface area contributed by atoms with Crippen LogP contribution in [0.25, 0.3) is 0 Å². The minimum atomic E-state index is -0.565. The van der Waals surface area contributed by atoms with Crippen molar-refractivity contribution in [2.75, 3.05) is 6.61 Å². The van der Waals surface area contributed by atoms with Crippen LogP contribution in [0.4, 0.5) is 0 Å². The van der Waals surface area contributed by atoms with Gasteiger partial charge in [0.2, 0.25) is 5.91 Å². The van der Waals surface area contributed by atoms with Gasteiger partial charge < -0.3 is 10.4 Å². The molecule has 1 rings (SSSR count). The van der Waals surface area contributed by atoms with Crippen molar-refractivity contribution >= 4 is 5.91 Å². The van der Waals surface area contributed by atoms with Crippen molar-refractivity contribution < 1.29 is 9.90 Å². The van der Waals surface area contributed by atoms with Gasteiger partial charge in [-0.25, -0.2) is 0 Å². The lowest BCUT2D eigenvalue weighted by atomic mass is 9.83. The Labute approximate surface area is 109 Å². The number of hydrogen-bond acceptors (Lipinski definition) is 2. The predicted molar refractivity (Wildman–Crippen MR) is 73.3 cm³/mol. The summed E-state index contributed by atoms with van der Waals surface area (Å²) in [6.07, 6.45) is 0. The third kappa shape index (κ3) is 3.33. The molecule has 0 aliphatic heterocycles. The second kappa shape index (κ2) is 6.01. The fourth-order valence-electron chi connectivity index (χ4n) is 1.67. The molecule has 0 aliphatic carbocycles. The summed E-state index contributed by atoms with van der Waals surface area (Å²) >= 11 is 0. The Morgan fingerprint density at radius 3 is 2.33 bits per heavy atom. The zero-order valence-electron chi connectivity index (χ0n) is 11.6. The summed E-state index contributed by atoms with van der Waals surface area (Å²) < 4.78 is 0. The maximum Gasteiger partial charge on any atom is 0.230 e. The van der Waals surface area contributed by atoms with Crippen molar-refractivity contribution in [1.82, 2.24) is 5.32 Å². The van der Waals surface area contributed by atoms with Gasteiger partial charge in [-0.1, -0.05) is 37.3 Å². The van der Waals surface area contributed by atoms with E-state index in [1.54, 1.807) is 0 Å². The largest absolute Gasteiger partial charge is 0.396 e. The van der Waals surface area contributed by atoms with Gasteiger partial charge in [-0.3, -0.25) is 4.79 Å². The third-order valence-electron chi connectivity index (χ3n) is 3.56. The molecule has 3 nitrogen and oxygen atoms in total. The quantitative estimate of drug-likeness (QED) is 0.839. The van der Waals surface area contributed by atoms with E-state index in [2.05, 4.69) is 5.32 Å². The van der Waals surface area contributed by atoms with Crippen molar-refractivity contribution in [1.29, 1.82) is 0 Å². The highest BCUT2D eigenvalue weighted by molar-refractivity contribution is 5.87. The zero-order chi connectivity index (χ0) is 13.8. The highest BCUT2D eigenvalue weighted by Crippen LogP contribution is 2.23. The van der Waals surface area contributed by atoms with Crippen molar-refractivity contribution in [3.05, 3.63) is 35.9 Å². The first-order valence-corrected chi connectivity index (χ1v) is 6.37. The van der Waals surface area contributed by atoms with E-state index in [1.807, 2.05) is 58.0 Å². The average Bonchev–Trinajstić information content (AvgIpc) is 2.38. The molecule has 2 N–H and O–H groups in total. The summed E-state index contributed by atoms with van der Waals surface area (Å²) in [6.45, 7) is 7.73. The number of rotatable bonds is 5. The van der Waals surface area contributed by atoms with Crippen molar-refractivity contribution in [3.63, 3.8) is 0 Å². The van der Waals surface area contributed by atoms with Gasteiger partial charge in [0.25, 0.3) is 0 Å². The van der Waals surface area contributed by atoms with Crippen LogP contribution in [-0.2, 0) is 10.2 Å². The molecule has 0 bridgehead atoms. The van der Waals surface area contributed by atoms with E-state index in [-0.39, 0.29) is 24.5 Å². The Hall–Kier alpha value is -1.35. The average molecular weight is 249 g/mol. The summed E-state index contributed by atoms with van der Waals surface area (Å²) in [5.41, 5.74) is 0.427. The molecule has 0 aliphatic rings. The van der Waals surface area contributed by atoms with Crippen LogP contribution >= 0.6 is 0 Å². The van der Waals surface area contributed by atoms with Crippen molar-refractivity contribution in [2.45, 2.75) is 39.2 Å². The standard InChI is InChI=1S/C15H23NO2/c1-11(10-17)12(2)16-14(18)15(3,4)13-8-6-5-7-9-13/h5-9,11-12,17H,10H2,1-4H3,(H,16,18). The molecule has 1 amide bonds. The number of carbonyl (C=O) groups is 1. The molecule has 0 fully saturated rings. The Kier molecular flexibility index (Phi) is 4.91. The monoisotopic (exact) mass is 249 g/mol. The predicted octanol–water partition coefficient (Wildman–Crippen LogP) is 2.10. The summed E-state index contributed by atoms with van der Waals surface area (Å²) in [5, 5.41) is 12.1. The highest BCUT2D eigenvalue weighted by Gasteiger charge is 2.31. The molecule has 0 radical (unpaired) electrons. The van der Waals surface area contributed by atoms with E-state index in [1.165, 1.54) is 0 Å². The lowest BCUT2D eigenvalue weighted by molar-refractivity contribution is -0.126. The molecule has 0 saturated heterocycles. The normalized spacial score (nSPS) is 14.9. The van der Waals surface area contributed by atoms with Gasteiger partial charge in [0.1, 0.15) is 0 Å². The topological polar surface area (TPSA) is 49.3 Å². The summed E-state index contributed by atoms with van der Waals surface area (Å²) in [6, 6.07) is 9.69. The van der Waals surface area contributed by atoms with Crippen LogP contribution in [0.1, 0.15) is 33.3 Å². The Balaban J connectivity index is 2.77. The molecular formula is C15H23NO2. The van der Waals surface area contributed by atoms with Gasteiger partial charge in [-0.2, -0.15) is 0 Å². The molecule has 0 spiro atoms. The van der Waals surface area contributed by atoms with Crippen LogP contribution in [0.5, 0.6) is 0 Å². The number of nitrogens with one attached hydrogen (secondary N) is 1. The Morgan fingerprint density at radius 2 is 1.83 bits per heavy atom. The third-order valence-corrected chi connectivity index (χ3v) is 3.56. The summed E-state index contributed by atoms with van der Waals surface area (Å²) in [4.78, 5) is 12.3. The van der Waals surface area contributed by atoms with E-state index in [0.29, 0.717) is 0 Å². The molecule has 2 unspecified atom stereocenters. The van der Waals surface area contributed by atoms with E-state index in [4.69, 9.17) is 5.11 Å². The van der Waals surface area contributed by atoms with Crippen LogP contribution in [0.3, 0.4) is 0 Å². The second-order valence-electron chi connectivity index (χ2n) is 5.41. The summed E-state index contributed by atoms with van der Waals surface area (Å²) in [7, 11) is 0. The number of carbonyl (C=O) groups excluding carboxylic acids is 1. The number of hydrogen-bond donors (Lipinski definition) is 2. The smallest absolute Gasteiger partial charge is 0.230 e. The minimum absolute atomic E-state index is 0.0125. The van der Waals surface area contributed by atoms with E-state index < -0.39 is 5.41 Å². The Morgan fingerprint density at radius 1 is 1.28 bits per heavy atom. The van der Waals surface area contributed by atoms with Gasteiger partial charge in [-0.15, -0.1) is 0 Å².